The first-order valence-corrected chi connectivity index (χ1v) is 8.62. The monoisotopic (exact) mass is 342 g/mol. The normalized spacial score (nSPS) is 17.5. The molecule has 1 aliphatic heterocycles. The number of likely N-dealkylation sites (tertiary alicyclic amines) is 1. The average Bonchev–Trinajstić information content (AvgIpc) is 3.08. The van der Waals surface area contributed by atoms with Gasteiger partial charge >= 0.3 is 0 Å². The second-order valence-corrected chi connectivity index (χ2v) is 6.37. The Morgan fingerprint density at radius 3 is 2.40 bits per heavy atom. The zero-order valence-corrected chi connectivity index (χ0v) is 15.4. The Morgan fingerprint density at radius 1 is 1.08 bits per heavy atom. The lowest BCUT2D eigenvalue weighted by Crippen LogP contribution is -2.23. The molecule has 134 valence electrons. The van der Waals surface area contributed by atoms with Crippen LogP contribution >= 0.6 is 0 Å². The van der Waals surface area contributed by atoms with Gasteiger partial charge in [0.1, 0.15) is 0 Å². The van der Waals surface area contributed by atoms with Crippen molar-refractivity contribution in [1.82, 2.24) is 9.88 Å². The molecule has 0 radical (unpaired) electrons. The zero-order chi connectivity index (χ0) is 17.8. The van der Waals surface area contributed by atoms with Crippen LogP contribution in [0.2, 0.25) is 0 Å². The molecule has 0 N–H and O–H groups in total. The summed E-state index contributed by atoms with van der Waals surface area (Å²) in [5.41, 5.74) is 3.37. The number of methoxy groups -OCH3 is 3. The first-order chi connectivity index (χ1) is 12.2. The zero-order valence-electron chi connectivity index (χ0n) is 15.4. The van der Waals surface area contributed by atoms with Gasteiger partial charge in [0.25, 0.3) is 0 Å². The molecular weight excluding hydrogens is 316 g/mol. The highest BCUT2D eigenvalue weighted by atomic mass is 16.5. The Morgan fingerprint density at radius 2 is 1.80 bits per heavy atom. The van der Waals surface area contributed by atoms with Gasteiger partial charge in [-0.25, -0.2) is 0 Å². The van der Waals surface area contributed by atoms with Gasteiger partial charge in [-0.05, 0) is 56.1 Å². The molecule has 1 aromatic carbocycles. The minimum absolute atomic E-state index is 0.360. The first kappa shape index (κ1) is 17.5. The van der Waals surface area contributed by atoms with E-state index in [1.807, 2.05) is 25.1 Å². The molecular formula is C20H26N2O3. The van der Waals surface area contributed by atoms with E-state index in [9.17, 15) is 0 Å². The molecule has 0 aliphatic carbocycles. The highest BCUT2D eigenvalue weighted by Gasteiger charge is 2.27. The Labute approximate surface area is 149 Å². The van der Waals surface area contributed by atoms with Crippen LogP contribution in [0.3, 0.4) is 0 Å². The van der Waals surface area contributed by atoms with Gasteiger partial charge in [-0.1, -0.05) is 6.07 Å². The fourth-order valence-electron chi connectivity index (χ4n) is 3.56. The SMILES string of the molecule is COc1cc(CN2CCCC2c2cccc(C)n2)cc(OC)c1OC. The van der Waals surface area contributed by atoms with E-state index >= 15 is 0 Å². The number of hydrogen-bond acceptors (Lipinski definition) is 5. The van der Waals surface area contributed by atoms with Crippen molar-refractivity contribution in [3.8, 4) is 17.2 Å². The quantitative estimate of drug-likeness (QED) is 0.800. The number of nitrogens with zero attached hydrogens (tertiary/aromatic N) is 2. The minimum atomic E-state index is 0.360. The first-order valence-electron chi connectivity index (χ1n) is 8.62. The van der Waals surface area contributed by atoms with Crippen molar-refractivity contribution in [2.24, 2.45) is 0 Å². The van der Waals surface area contributed by atoms with E-state index in [0.717, 1.165) is 36.5 Å². The maximum Gasteiger partial charge on any atom is 0.203 e. The molecule has 25 heavy (non-hydrogen) atoms. The summed E-state index contributed by atoms with van der Waals surface area (Å²) < 4.78 is 16.4. The van der Waals surface area contributed by atoms with E-state index in [1.165, 1.54) is 6.42 Å². The van der Waals surface area contributed by atoms with Crippen molar-refractivity contribution >= 4 is 0 Å². The summed E-state index contributed by atoms with van der Waals surface area (Å²) in [5, 5.41) is 0. The van der Waals surface area contributed by atoms with Crippen molar-refractivity contribution < 1.29 is 14.2 Å². The Bertz CT molecular complexity index is 708. The molecule has 0 amide bonds. The third kappa shape index (κ3) is 3.71. The number of pyridine rings is 1. The van der Waals surface area contributed by atoms with Crippen LogP contribution in [0.15, 0.2) is 30.3 Å². The molecule has 2 heterocycles. The van der Waals surface area contributed by atoms with Crippen molar-refractivity contribution in [2.75, 3.05) is 27.9 Å². The molecule has 0 bridgehead atoms. The van der Waals surface area contributed by atoms with Crippen LogP contribution in [0.5, 0.6) is 17.2 Å². The van der Waals surface area contributed by atoms with Gasteiger partial charge in [0.05, 0.1) is 33.1 Å². The number of hydrogen-bond donors (Lipinski definition) is 0. The molecule has 1 aromatic heterocycles. The lowest BCUT2D eigenvalue weighted by atomic mass is 10.1. The van der Waals surface area contributed by atoms with E-state index in [0.29, 0.717) is 23.3 Å². The molecule has 0 spiro atoms. The van der Waals surface area contributed by atoms with E-state index < -0.39 is 0 Å². The summed E-state index contributed by atoms with van der Waals surface area (Å²) >= 11 is 0. The summed E-state index contributed by atoms with van der Waals surface area (Å²) in [4.78, 5) is 7.21. The summed E-state index contributed by atoms with van der Waals surface area (Å²) in [6.45, 7) is 3.94. The fourth-order valence-corrected chi connectivity index (χ4v) is 3.56. The van der Waals surface area contributed by atoms with Gasteiger partial charge in [0, 0.05) is 12.2 Å². The van der Waals surface area contributed by atoms with Crippen molar-refractivity contribution in [1.29, 1.82) is 0 Å². The molecule has 0 saturated carbocycles. The van der Waals surface area contributed by atoms with E-state index in [4.69, 9.17) is 19.2 Å². The lowest BCUT2D eigenvalue weighted by molar-refractivity contribution is 0.243. The molecule has 1 aliphatic rings. The molecule has 5 heteroatoms. The molecule has 1 unspecified atom stereocenters. The van der Waals surface area contributed by atoms with E-state index in [1.54, 1.807) is 21.3 Å². The average molecular weight is 342 g/mol. The summed E-state index contributed by atoms with van der Waals surface area (Å²) in [7, 11) is 4.92. The highest BCUT2D eigenvalue weighted by Crippen LogP contribution is 2.40. The topological polar surface area (TPSA) is 43.8 Å². The van der Waals surface area contributed by atoms with Crippen LogP contribution in [0.4, 0.5) is 0 Å². The van der Waals surface area contributed by atoms with Crippen molar-refractivity contribution in [2.45, 2.75) is 32.4 Å². The summed E-state index contributed by atoms with van der Waals surface area (Å²) in [5.74, 6) is 2.02. The lowest BCUT2D eigenvalue weighted by Gasteiger charge is -2.25. The fraction of sp³-hybridized carbons (Fsp3) is 0.450. The van der Waals surface area contributed by atoms with Crippen LogP contribution in [-0.4, -0.2) is 37.8 Å². The van der Waals surface area contributed by atoms with Gasteiger partial charge in [0.2, 0.25) is 5.75 Å². The Balaban J connectivity index is 1.86. The maximum absolute atomic E-state index is 5.48. The van der Waals surface area contributed by atoms with E-state index in [-0.39, 0.29) is 0 Å². The van der Waals surface area contributed by atoms with Crippen LogP contribution in [0.1, 0.15) is 35.8 Å². The largest absolute Gasteiger partial charge is 0.493 e. The number of rotatable bonds is 6. The van der Waals surface area contributed by atoms with Crippen LogP contribution in [-0.2, 0) is 6.54 Å². The number of ether oxygens (including phenoxy) is 3. The van der Waals surface area contributed by atoms with Gasteiger partial charge < -0.3 is 14.2 Å². The third-order valence-corrected chi connectivity index (χ3v) is 4.73. The third-order valence-electron chi connectivity index (χ3n) is 4.73. The van der Waals surface area contributed by atoms with Gasteiger partial charge in [-0.2, -0.15) is 0 Å². The number of aromatic nitrogens is 1. The summed E-state index contributed by atoms with van der Waals surface area (Å²) in [6, 6.07) is 10.7. The smallest absolute Gasteiger partial charge is 0.203 e. The minimum Gasteiger partial charge on any atom is -0.493 e. The van der Waals surface area contributed by atoms with Crippen LogP contribution in [0.25, 0.3) is 0 Å². The molecule has 1 fully saturated rings. The molecule has 2 aromatic rings. The Kier molecular flexibility index (Phi) is 5.43. The van der Waals surface area contributed by atoms with E-state index in [2.05, 4.69) is 17.0 Å². The van der Waals surface area contributed by atoms with Gasteiger partial charge in [0.15, 0.2) is 11.5 Å². The molecule has 3 rings (SSSR count). The summed E-state index contributed by atoms with van der Waals surface area (Å²) in [6.07, 6.45) is 2.32. The number of benzene rings is 1. The van der Waals surface area contributed by atoms with Crippen molar-refractivity contribution in [3.05, 3.63) is 47.3 Å². The number of aryl methyl sites for hydroxylation is 1. The second kappa shape index (κ2) is 7.74. The molecule has 1 saturated heterocycles. The predicted molar refractivity (Wildman–Crippen MR) is 97.5 cm³/mol. The highest BCUT2D eigenvalue weighted by molar-refractivity contribution is 5.53. The Hall–Kier alpha value is -2.27. The van der Waals surface area contributed by atoms with Crippen molar-refractivity contribution in [3.63, 3.8) is 0 Å². The molecule has 5 nitrogen and oxygen atoms in total. The van der Waals surface area contributed by atoms with Gasteiger partial charge in [-0.15, -0.1) is 0 Å². The van der Waals surface area contributed by atoms with Crippen LogP contribution in [0, 0.1) is 6.92 Å². The van der Waals surface area contributed by atoms with Gasteiger partial charge in [-0.3, -0.25) is 9.88 Å². The second-order valence-electron chi connectivity index (χ2n) is 6.37. The molecule has 1 atom stereocenters. The van der Waals surface area contributed by atoms with Crippen LogP contribution < -0.4 is 14.2 Å². The predicted octanol–water partition coefficient (Wildman–Crippen LogP) is 3.75. The standard InChI is InChI=1S/C20H26N2O3/c1-14-7-5-8-16(21-14)17-9-6-10-22(17)13-15-11-18(23-2)20(25-4)19(12-15)24-3/h5,7-8,11-12,17H,6,9-10,13H2,1-4H3. The maximum atomic E-state index is 5.48.